The Morgan fingerprint density at radius 1 is 1.30 bits per heavy atom. The van der Waals surface area contributed by atoms with Crippen LogP contribution < -0.4 is 15.4 Å². The summed E-state index contributed by atoms with van der Waals surface area (Å²) in [4.78, 5) is 8.88. The van der Waals surface area contributed by atoms with E-state index in [0.717, 1.165) is 31.0 Å². The van der Waals surface area contributed by atoms with Crippen molar-refractivity contribution in [2.45, 2.75) is 33.7 Å². The maximum Gasteiger partial charge on any atom is 0.218 e. The lowest BCUT2D eigenvalue weighted by Gasteiger charge is -2.13. The average molecular weight is 322 g/mol. The van der Waals surface area contributed by atoms with Gasteiger partial charge < -0.3 is 20.1 Å². The van der Waals surface area contributed by atoms with E-state index in [-0.39, 0.29) is 0 Å². The molecule has 0 fully saturated rings. The van der Waals surface area contributed by atoms with Gasteiger partial charge in [0, 0.05) is 32.0 Å². The summed E-state index contributed by atoms with van der Waals surface area (Å²) in [6.07, 6.45) is 2.84. The average Bonchev–Trinajstić information content (AvgIpc) is 2.53. The number of methoxy groups -OCH3 is 1. The van der Waals surface area contributed by atoms with E-state index >= 15 is 0 Å². The second-order valence-electron chi connectivity index (χ2n) is 5.61. The van der Waals surface area contributed by atoms with E-state index in [2.05, 4.69) is 41.4 Å². The third kappa shape index (κ3) is 8.40. The third-order valence-corrected chi connectivity index (χ3v) is 3.14. The quantitative estimate of drug-likeness (QED) is 0.393. The zero-order valence-corrected chi connectivity index (χ0v) is 14.8. The van der Waals surface area contributed by atoms with Crippen molar-refractivity contribution in [3.63, 3.8) is 0 Å². The number of rotatable bonds is 10. The summed E-state index contributed by atoms with van der Waals surface area (Å²) in [5.41, 5.74) is 0.963. The summed E-state index contributed by atoms with van der Waals surface area (Å²) in [6, 6.07) is 3.88. The van der Waals surface area contributed by atoms with Gasteiger partial charge in [-0.1, -0.05) is 19.9 Å². The minimum Gasteiger partial charge on any atom is -0.475 e. The molecule has 1 rings (SSSR count). The number of nitrogens with one attached hydrogen (secondary N) is 2. The van der Waals surface area contributed by atoms with Crippen LogP contribution in [0.5, 0.6) is 5.88 Å². The van der Waals surface area contributed by atoms with Crippen LogP contribution in [0, 0.1) is 5.92 Å². The number of hydrogen-bond donors (Lipinski definition) is 2. The van der Waals surface area contributed by atoms with Crippen molar-refractivity contribution in [1.82, 2.24) is 15.6 Å². The molecule has 1 aromatic rings. The smallest absolute Gasteiger partial charge is 0.218 e. The van der Waals surface area contributed by atoms with E-state index in [9.17, 15) is 0 Å². The van der Waals surface area contributed by atoms with Crippen LogP contribution in [0.15, 0.2) is 23.3 Å². The molecular formula is C17H30N4O2. The van der Waals surface area contributed by atoms with E-state index < -0.39 is 0 Å². The van der Waals surface area contributed by atoms with Crippen LogP contribution in [-0.4, -0.2) is 44.4 Å². The number of aromatic nitrogens is 1. The Balaban J connectivity index is 2.63. The van der Waals surface area contributed by atoms with Crippen molar-refractivity contribution >= 4 is 5.96 Å². The van der Waals surface area contributed by atoms with Gasteiger partial charge in [-0.25, -0.2) is 9.98 Å². The lowest BCUT2D eigenvalue weighted by atomic mass is 10.1. The van der Waals surface area contributed by atoms with E-state index in [4.69, 9.17) is 9.47 Å². The van der Waals surface area contributed by atoms with E-state index in [1.807, 2.05) is 12.1 Å². The van der Waals surface area contributed by atoms with Crippen molar-refractivity contribution in [3.8, 4) is 5.88 Å². The van der Waals surface area contributed by atoms with Gasteiger partial charge in [0.05, 0.1) is 13.2 Å². The molecular weight excluding hydrogens is 292 g/mol. The van der Waals surface area contributed by atoms with Crippen molar-refractivity contribution in [2.75, 3.05) is 33.4 Å². The highest BCUT2D eigenvalue weighted by Crippen LogP contribution is 2.15. The number of aliphatic imine (C=N–C) groups is 1. The molecule has 0 saturated heterocycles. The first-order chi connectivity index (χ1) is 11.2. The molecule has 0 radical (unpaired) electrons. The molecule has 0 bridgehead atoms. The number of nitrogens with zero attached hydrogens (tertiary/aromatic N) is 2. The van der Waals surface area contributed by atoms with E-state index in [1.165, 1.54) is 0 Å². The fourth-order valence-corrected chi connectivity index (χ4v) is 1.88. The minimum atomic E-state index is 0.483. The summed E-state index contributed by atoms with van der Waals surface area (Å²) >= 11 is 0. The molecule has 6 nitrogen and oxygen atoms in total. The Bertz CT molecular complexity index is 464. The van der Waals surface area contributed by atoms with Crippen LogP contribution in [0.3, 0.4) is 0 Å². The Kier molecular flexibility index (Phi) is 9.79. The molecule has 0 saturated carbocycles. The van der Waals surface area contributed by atoms with Gasteiger partial charge in [-0.2, -0.15) is 0 Å². The van der Waals surface area contributed by atoms with Crippen LogP contribution in [0.4, 0.5) is 0 Å². The summed E-state index contributed by atoms with van der Waals surface area (Å²) < 4.78 is 10.6. The molecule has 0 spiro atoms. The van der Waals surface area contributed by atoms with Gasteiger partial charge in [-0.05, 0) is 25.3 Å². The van der Waals surface area contributed by atoms with Crippen LogP contribution in [-0.2, 0) is 11.3 Å². The van der Waals surface area contributed by atoms with Crippen molar-refractivity contribution in [2.24, 2.45) is 10.9 Å². The molecule has 0 aliphatic rings. The zero-order valence-electron chi connectivity index (χ0n) is 14.8. The number of guanidine groups is 1. The fraction of sp³-hybridized carbons (Fsp3) is 0.647. The van der Waals surface area contributed by atoms with Gasteiger partial charge in [0.15, 0.2) is 5.96 Å². The first-order valence-corrected chi connectivity index (χ1v) is 8.25. The standard InChI is InChI=1S/C17H30N4O2/c1-5-18-17(20-10-8-14(2)3)21-13-15-7-6-9-19-16(15)23-12-11-22-4/h6-7,9,14H,5,8,10-13H2,1-4H3,(H2,18,20,21). The van der Waals surface area contributed by atoms with Gasteiger partial charge in [-0.15, -0.1) is 0 Å². The zero-order chi connectivity index (χ0) is 16.9. The fourth-order valence-electron chi connectivity index (χ4n) is 1.88. The Morgan fingerprint density at radius 2 is 2.13 bits per heavy atom. The molecule has 130 valence electrons. The topological polar surface area (TPSA) is 67.8 Å². The maximum absolute atomic E-state index is 5.64. The summed E-state index contributed by atoms with van der Waals surface area (Å²) in [5.74, 6) is 2.11. The molecule has 1 heterocycles. The molecule has 6 heteroatoms. The summed E-state index contributed by atoms with van der Waals surface area (Å²) in [7, 11) is 1.65. The summed E-state index contributed by atoms with van der Waals surface area (Å²) in [6.45, 7) is 9.77. The van der Waals surface area contributed by atoms with Crippen molar-refractivity contribution < 1.29 is 9.47 Å². The monoisotopic (exact) mass is 322 g/mol. The highest BCUT2D eigenvalue weighted by molar-refractivity contribution is 5.79. The lowest BCUT2D eigenvalue weighted by molar-refractivity contribution is 0.143. The molecule has 1 aromatic heterocycles. The van der Waals surface area contributed by atoms with Gasteiger partial charge in [0.2, 0.25) is 5.88 Å². The second kappa shape index (κ2) is 11.7. The Morgan fingerprint density at radius 3 is 2.83 bits per heavy atom. The number of ether oxygens (including phenoxy) is 2. The highest BCUT2D eigenvalue weighted by atomic mass is 16.5. The Hall–Kier alpha value is -1.82. The molecule has 0 aromatic carbocycles. The minimum absolute atomic E-state index is 0.483. The first-order valence-electron chi connectivity index (χ1n) is 8.25. The number of hydrogen-bond acceptors (Lipinski definition) is 4. The largest absolute Gasteiger partial charge is 0.475 e. The predicted molar refractivity (Wildman–Crippen MR) is 93.9 cm³/mol. The molecule has 0 aliphatic heterocycles. The first kappa shape index (κ1) is 19.2. The normalized spacial score (nSPS) is 11.6. The van der Waals surface area contributed by atoms with Gasteiger partial charge in [0.25, 0.3) is 0 Å². The van der Waals surface area contributed by atoms with Gasteiger partial charge in [0.1, 0.15) is 6.61 Å². The summed E-state index contributed by atoms with van der Waals surface area (Å²) in [5, 5.41) is 6.61. The second-order valence-corrected chi connectivity index (χ2v) is 5.61. The highest BCUT2D eigenvalue weighted by Gasteiger charge is 2.05. The van der Waals surface area contributed by atoms with Crippen molar-refractivity contribution in [3.05, 3.63) is 23.9 Å². The predicted octanol–water partition coefficient (Wildman–Crippen LogP) is 2.21. The van der Waals surface area contributed by atoms with Crippen LogP contribution >= 0.6 is 0 Å². The van der Waals surface area contributed by atoms with E-state index in [1.54, 1.807) is 13.3 Å². The number of pyridine rings is 1. The molecule has 0 unspecified atom stereocenters. The SMILES string of the molecule is CCNC(=NCc1cccnc1OCCOC)NCCC(C)C. The van der Waals surface area contributed by atoms with Crippen LogP contribution in [0.2, 0.25) is 0 Å². The lowest BCUT2D eigenvalue weighted by Crippen LogP contribution is -2.38. The van der Waals surface area contributed by atoms with Gasteiger partial charge >= 0.3 is 0 Å². The molecule has 2 N–H and O–H groups in total. The third-order valence-electron chi connectivity index (χ3n) is 3.14. The maximum atomic E-state index is 5.64. The molecule has 0 amide bonds. The van der Waals surface area contributed by atoms with Crippen LogP contribution in [0.1, 0.15) is 32.8 Å². The molecule has 0 atom stereocenters. The van der Waals surface area contributed by atoms with Crippen LogP contribution in [0.25, 0.3) is 0 Å². The van der Waals surface area contributed by atoms with E-state index in [0.29, 0.717) is 31.6 Å². The molecule has 23 heavy (non-hydrogen) atoms. The van der Waals surface area contributed by atoms with Crippen molar-refractivity contribution in [1.29, 1.82) is 0 Å². The Labute approximate surface area is 139 Å². The van der Waals surface area contributed by atoms with Gasteiger partial charge in [-0.3, -0.25) is 0 Å². The molecule has 0 aliphatic carbocycles.